The highest BCUT2D eigenvalue weighted by atomic mass is 35.5. The van der Waals surface area contributed by atoms with Gasteiger partial charge in [-0.2, -0.15) is 0 Å². The first-order valence-corrected chi connectivity index (χ1v) is 6.24. The van der Waals surface area contributed by atoms with Crippen LogP contribution in [0.25, 0.3) is 0 Å². The van der Waals surface area contributed by atoms with E-state index in [2.05, 4.69) is 4.98 Å². The summed E-state index contributed by atoms with van der Waals surface area (Å²) < 4.78 is 0. The zero-order valence-electron chi connectivity index (χ0n) is 10.7. The first-order valence-electron chi connectivity index (χ1n) is 5.86. The summed E-state index contributed by atoms with van der Waals surface area (Å²) >= 11 is 5.95. The highest BCUT2D eigenvalue weighted by Gasteiger charge is 2.22. The van der Waals surface area contributed by atoms with Crippen LogP contribution in [0.5, 0.6) is 0 Å². The molecular weight excluding hydrogens is 280 g/mol. The van der Waals surface area contributed by atoms with Gasteiger partial charge in [-0.1, -0.05) is 23.7 Å². The fourth-order valence-electron chi connectivity index (χ4n) is 1.98. The van der Waals surface area contributed by atoms with Gasteiger partial charge < -0.3 is 0 Å². The number of carbonyl (C=O) groups is 1. The van der Waals surface area contributed by atoms with Crippen LogP contribution in [0.15, 0.2) is 36.7 Å². The van der Waals surface area contributed by atoms with Gasteiger partial charge in [0.15, 0.2) is 5.78 Å². The van der Waals surface area contributed by atoms with E-state index in [1.54, 1.807) is 25.1 Å². The lowest BCUT2D eigenvalue weighted by atomic mass is 9.98. The molecule has 1 aromatic carbocycles. The maximum Gasteiger partial charge on any atom is 0.280 e. The minimum Gasteiger partial charge on any atom is -0.294 e. The van der Waals surface area contributed by atoms with Crippen LogP contribution in [-0.2, 0) is 6.42 Å². The van der Waals surface area contributed by atoms with E-state index in [4.69, 9.17) is 11.6 Å². The number of nitro groups is 1. The van der Waals surface area contributed by atoms with E-state index in [9.17, 15) is 14.9 Å². The van der Waals surface area contributed by atoms with Crippen LogP contribution in [-0.4, -0.2) is 15.7 Å². The summed E-state index contributed by atoms with van der Waals surface area (Å²) in [4.78, 5) is 26.6. The zero-order chi connectivity index (χ0) is 14.7. The van der Waals surface area contributed by atoms with Gasteiger partial charge in [-0.05, 0) is 24.1 Å². The second-order valence-corrected chi connectivity index (χ2v) is 4.70. The second kappa shape index (κ2) is 5.79. The zero-order valence-corrected chi connectivity index (χ0v) is 11.4. The summed E-state index contributed by atoms with van der Waals surface area (Å²) in [7, 11) is 0. The van der Waals surface area contributed by atoms with Crippen LogP contribution in [0.1, 0.15) is 21.5 Å². The van der Waals surface area contributed by atoms with E-state index in [0.717, 1.165) is 0 Å². The third-order valence-electron chi connectivity index (χ3n) is 2.93. The Morgan fingerprint density at radius 3 is 2.80 bits per heavy atom. The van der Waals surface area contributed by atoms with Crippen LogP contribution in [0, 0.1) is 17.0 Å². The highest BCUT2D eigenvalue weighted by Crippen LogP contribution is 2.25. The predicted octanol–water partition coefficient (Wildman–Crippen LogP) is 3.38. The first-order chi connectivity index (χ1) is 9.50. The Balaban J connectivity index is 2.40. The Hall–Kier alpha value is -2.27. The average molecular weight is 291 g/mol. The molecule has 5 nitrogen and oxygen atoms in total. The number of Topliss-reactive ketones (excluding diaryl/α,β-unsaturated/α-hetero) is 1. The topological polar surface area (TPSA) is 73.1 Å². The standard InChI is InChI=1S/C14H11ClN2O3/c1-9-3-2-4-12(17(19)20)14(9)13(18)7-10-5-6-16-8-11(10)15/h2-6,8H,7H2,1H3. The molecule has 0 radical (unpaired) electrons. The monoisotopic (exact) mass is 290 g/mol. The molecule has 0 bridgehead atoms. The molecule has 0 aliphatic heterocycles. The largest absolute Gasteiger partial charge is 0.294 e. The summed E-state index contributed by atoms with van der Waals surface area (Å²) in [5.74, 6) is -0.331. The molecule has 1 heterocycles. The number of aromatic nitrogens is 1. The molecule has 102 valence electrons. The Labute approximate surface area is 120 Å². The number of nitro benzene ring substituents is 1. The van der Waals surface area contributed by atoms with Gasteiger partial charge in [-0.15, -0.1) is 0 Å². The van der Waals surface area contributed by atoms with Crippen molar-refractivity contribution in [2.75, 3.05) is 0 Å². The molecular formula is C14H11ClN2O3. The molecule has 2 aromatic rings. The van der Waals surface area contributed by atoms with Crippen molar-refractivity contribution in [3.8, 4) is 0 Å². The number of benzene rings is 1. The van der Waals surface area contributed by atoms with Crippen molar-refractivity contribution >= 4 is 23.1 Å². The smallest absolute Gasteiger partial charge is 0.280 e. The third-order valence-corrected chi connectivity index (χ3v) is 3.27. The Morgan fingerprint density at radius 2 is 2.15 bits per heavy atom. The molecule has 0 unspecified atom stereocenters. The number of pyridine rings is 1. The lowest BCUT2D eigenvalue weighted by molar-refractivity contribution is -0.385. The number of hydrogen-bond acceptors (Lipinski definition) is 4. The van der Waals surface area contributed by atoms with E-state index in [-0.39, 0.29) is 23.5 Å². The van der Waals surface area contributed by atoms with E-state index in [1.165, 1.54) is 18.5 Å². The van der Waals surface area contributed by atoms with Crippen LogP contribution >= 0.6 is 11.6 Å². The number of ketones is 1. The second-order valence-electron chi connectivity index (χ2n) is 4.29. The van der Waals surface area contributed by atoms with Crippen molar-refractivity contribution in [3.05, 3.63) is 68.5 Å². The van der Waals surface area contributed by atoms with Crippen molar-refractivity contribution in [2.24, 2.45) is 0 Å². The number of nitrogens with zero attached hydrogens (tertiary/aromatic N) is 2. The molecule has 0 saturated carbocycles. The maximum atomic E-state index is 12.3. The lowest BCUT2D eigenvalue weighted by Crippen LogP contribution is -2.09. The normalized spacial score (nSPS) is 10.3. The Kier molecular flexibility index (Phi) is 4.10. The van der Waals surface area contributed by atoms with Gasteiger partial charge in [-0.3, -0.25) is 19.9 Å². The number of aryl methyl sites for hydroxylation is 1. The molecule has 2 rings (SSSR count). The van der Waals surface area contributed by atoms with Crippen molar-refractivity contribution in [1.29, 1.82) is 0 Å². The van der Waals surface area contributed by atoms with Gasteiger partial charge in [0.25, 0.3) is 5.69 Å². The highest BCUT2D eigenvalue weighted by molar-refractivity contribution is 6.31. The molecule has 1 aromatic heterocycles. The van der Waals surface area contributed by atoms with E-state index in [0.29, 0.717) is 16.1 Å². The Morgan fingerprint density at radius 1 is 1.40 bits per heavy atom. The fraction of sp³-hybridized carbons (Fsp3) is 0.143. The van der Waals surface area contributed by atoms with Crippen molar-refractivity contribution in [2.45, 2.75) is 13.3 Å². The van der Waals surface area contributed by atoms with Crippen LogP contribution < -0.4 is 0 Å². The van der Waals surface area contributed by atoms with Gasteiger partial charge in [0.05, 0.1) is 15.5 Å². The van der Waals surface area contributed by atoms with Gasteiger partial charge in [0, 0.05) is 24.9 Å². The quantitative estimate of drug-likeness (QED) is 0.491. The first kappa shape index (κ1) is 14.1. The summed E-state index contributed by atoms with van der Waals surface area (Å²) in [5, 5.41) is 11.4. The molecule has 0 aliphatic carbocycles. The lowest BCUT2D eigenvalue weighted by Gasteiger charge is -2.07. The van der Waals surface area contributed by atoms with Gasteiger partial charge >= 0.3 is 0 Å². The average Bonchev–Trinajstić information content (AvgIpc) is 2.40. The fourth-order valence-corrected chi connectivity index (χ4v) is 2.16. The third kappa shape index (κ3) is 2.83. The van der Waals surface area contributed by atoms with Crippen molar-refractivity contribution in [3.63, 3.8) is 0 Å². The minimum atomic E-state index is -0.547. The molecule has 0 amide bonds. The van der Waals surface area contributed by atoms with Crippen molar-refractivity contribution in [1.82, 2.24) is 4.98 Å². The summed E-state index contributed by atoms with van der Waals surface area (Å²) in [5.41, 5.74) is 1.13. The van der Waals surface area contributed by atoms with Gasteiger partial charge in [-0.25, -0.2) is 0 Å². The van der Waals surface area contributed by atoms with E-state index in [1.807, 2.05) is 0 Å². The van der Waals surface area contributed by atoms with Crippen molar-refractivity contribution < 1.29 is 9.72 Å². The molecule has 20 heavy (non-hydrogen) atoms. The SMILES string of the molecule is Cc1cccc([N+](=O)[O-])c1C(=O)Cc1ccncc1Cl. The predicted molar refractivity (Wildman–Crippen MR) is 75.1 cm³/mol. The Bertz CT molecular complexity index is 686. The van der Waals surface area contributed by atoms with Gasteiger partial charge in [0.2, 0.25) is 0 Å². The van der Waals surface area contributed by atoms with Crippen LogP contribution in [0.2, 0.25) is 5.02 Å². The number of carbonyl (C=O) groups excluding carboxylic acids is 1. The molecule has 0 saturated heterocycles. The molecule has 0 spiro atoms. The molecule has 0 N–H and O–H groups in total. The summed E-state index contributed by atoms with van der Waals surface area (Å²) in [6.07, 6.45) is 2.98. The molecule has 0 atom stereocenters. The molecule has 0 aliphatic rings. The summed E-state index contributed by atoms with van der Waals surface area (Å²) in [6.45, 7) is 1.67. The minimum absolute atomic E-state index is 0.00699. The van der Waals surface area contributed by atoms with Gasteiger partial charge in [0.1, 0.15) is 0 Å². The summed E-state index contributed by atoms with van der Waals surface area (Å²) in [6, 6.07) is 6.19. The molecule has 0 fully saturated rings. The van der Waals surface area contributed by atoms with E-state index < -0.39 is 4.92 Å². The number of hydrogen-bond donors (Lipinski definition) is 0. The number of rotatable bonds is 4. The van der Waals surface area contributed by atoms with E-state index >= 15 is 0 Å². The van der Waals surface area contributed by atoms with Crippen LogP contribution in [0.3, 0.4) is 0 Å². The number of halogens is 1. The maximum absolute atomic E-state index is 12.3. The van der Waals surface area contributed by atoms with Crippen LogP contribution in [0.4, 0.5) is 5.69 Å². The molecule has 6 heteroatoms.